The van der Waals surface area contributed by atoms with E-state index in [1.54, 1.807) is 30.0 Å². The minimum atomic E-state index is -0.824. The molecule has 5 nitrogen and oxygen atoms in total. The van der Waals surface area contributed by atoms with E-state index in [2.05, 4.69) is 5.32 Å². The van der Waals surface area contributed by atoms with Crippen molar-refractivity contribution in [3.63, 3.8) is 0 Å². The van der Waals surface area contributed by atoms with Gasteiger partial charge in [0.05, 0.1) is 11.8 Å². The van der Waals surface area contributed by atoms with E-state index >= 15 is 0 Å². The van der Waals surface area contributed by atoms with Crippen LogP contribution < -0.4 is 5.32 Å². The molecule has 3 rings (SSSR count). The van der Waals surface area contributed by atoms with Gasteiger partial charge in [-0.15, -0.1) is 0 Å². The monoisotopic (exact) mass is 392 g/mol. The highest BCUT2D eigenvalue weighted by Gasteiger charge is 2.51. The summed E-state index contributed by atoms with van der Waals surface area (Å²) in [5.41, 5.74) is 0.377. The van der Waals surface area contributed by atoms with Crippen LogP contribution in [0.2, 0.25) is 0 Å². The van der Waals surface area contributed by atoms with E-state index in [-0.39, 0.29) is 30.2 Å². The van der Waals surface area contributed by atoms with Crippen LogP contribution in [0, 0.1) is 17.7 Å². The van der Waals surface area contributed by atoms with Gasteiger partial charge in [-0.2, -0.15) is 11.8 Å². The van der Waals surface area contributed by atoms with Gasteiger partial charge in [-0.1, -0.05) is 31.0 Å². The molecular weight excluding hydrogens is 367 g/mol. The third-order valence-electron chi connectivity index (χ3n) is 5.50. The summed E-state index contributed by atoms with van der Waals surface area (Å²) in [6.45, 7) is 0.0321. The lowest BCUT2D eigenvalue weighted by molar-refractivity contribution is -0.148. The van der Waals surface area contributed by atoms with Crippen molar-refractivity contribution < 1.29 is 18.8 Å². The summed E-state index contributed by atoms with van der Waals surface area (Å²) in [6, 6.07) is 5.41. The Morgan fingerprint density at radius 1 is 1.22 bits per heavy atom. The highest BCUT2D eigenvalue weighted by Crippen LogP contribution is 2.39. The first-order valence-electron chi connectivity index (χ1n) is 9.41. The molecule has 27 heavy (non-hydrogen) atoms. The van der Waals surface area contributed by atoms with Gasteiger partial charge < -0.3 is 5.32 Å². The minimum Gasteiger partial charge on any atom is -0.350 e. The fourth-order valence-corrected chi connectivity index (χ4v) is 4.50. The third-order valence-corrected chi connectivity index (χ3v) is 6.14. The van der Waals surface area contributed by atoms with Gasteiger partial charge in [0.2, 0.25) is 17.7 Å². The molecule has 1 aromatic carbocycles. The Labute approximate surface area is 163 Å². The van der Waals surface area contributed by atoms with Gasteiger partial charge in [-0.25, -0.2) is 4.39 Å². The highest BCUT2D eigenvalue weighted by molar-refractivity contribution is 7.98. The average Bonchev–Trinajstić information content (AvgIpc) is 2.93. The second-order valence-corrected chi connectivity index (χ2v) is 8.14. The van der Waals surface area contributed by atoms with Crippen LogP contribution in [0.1, 0.15) is 37.7 Å². The number of nitrogens with zero attached hydrogens (tertiary/aromatic N) is 1. The summed E-state index contributed by atoms with van der Waals surface area (Å²) in [7, 11) is 0. The van der Waals surface area contributed by atoms with Crippen molar-refractivity contribution in [1.29, 1.82) is 0 Å². The Morgan fingerprint density at radius 2 is 1.85 bits per heavy atom. The van der Waals surface area contributed by atoms with Gasteiger partial charge >= 0.3 is 0 Å². The number of halogens is 1. The van der Waals surface area contributed by atoms with Crippen LogP contribution in [0.3, 0.4) is 0 Å². The first-order valence-corrected chi connectivity index (χ1v) is 10.8. The number of fused-ring (bicyclic) bond motifs is 1. The van der Waals surface area contributed by atoms with Crippen molar-refractivity contribution in [1.82, 2.24) is 10.2 Å². The van der Waals surface area contributed by atoms with E-state index in [1.807, 2.05) is 6.26 Å². The number of rotatable bonds is 7. The second kappa shape index (κ2) is 8.87. The molecule has 1 aromatic rings. The lowest BCUT2D eigenvalue weighted by Crippen LogP contribution is -2.50. The summed E-state index contributed by atoms with van der Waals surface area (Å²) >= 11 is 1.56. The molecule has 1 aliphatic carbocycles. The van der Waals surface area contributed by atoms with Crippen LogP contribution in [-0.2, 0) is 20.9 Å². The van der Waals surface area contributed by atoms with Crippen molar-refractivity contribution >= 4 is 29.5 Å². The van der Waals surface area contributed by atoms with E-state index in [0.717, 1.165) is 25.7 Å². The number of hydrogen-bond donors (Lipinski definition) is 1. The lowest BCUT2D eigenvalue weighted by atomic mass is 9.81. The van der Waals surface area contributed by atoms with Crippen molar-refractivity contribution in [3.05, 3.63) is 35.6 Å². The molecule has 2 aliphatic rings. The van der Waals surface area contributed by atoms with Crippen LogP contribution in [0.15, 0.2) is 24.3 Å². The first-order chi connectivity index (χ1) is 13.0. The average molecular weight is 392 g/mol. The number of likely N-dealkylation sites (tertiary alicyclic amines) is 1. The molecule has 2 fully saturated rings. The molecule has 3 atom stereocenters. The van der Waals surface area contributed by atoms with Gasteiger partial charge in [0, 0.05) is 12.1 Å². The Bertz CT molecular complexity index is 703. The third kappa shape index (κ3) is 4.18. The quantitative estimate of drug-likeness (QED) is 0.725. The number of carbonyl (C=O) groups is 3. The largest absolute Gasteiger partial charge is 0.350 e. The fourth-order valence-electron chi connectivity index (χ4n) is 4.04. The standard InChI is InChI=1S/C20H25FN2O3S/c1-27-11-10-17(18(24)22-12-13-6-2-5-9-16(13)21)23-19(25)14-7-3-4-8-15(14)20(23)26/h2,5-6,9,14-15,17H,3-4,7-8,10-12H2,1H3,(H,22,24)/t14-,15+,17-/m1/s1. The van der Waals surface area contributed by atoms with Gasteiger partial charge in [0.25, 0.3) is 0 Å². The minimum absolute atomic E-state index is 0.0321. The lowest BCUT2D eigenvalue weighted by Gasteiger charge is -2.26. The maximum atomic E-state index is 13.8. The molecule has 1 N–H and O–H groups in total. The molecule has 0 aromatic heterocycles. The maximum Gasteiger partial charge on any atom is 0.243 e. The highest BCUT2D eigenvalue weighted by atomic mass is 32.2. The van der Waals surface area contributed by atoms with Crippen LogP contribution in [0.5, 0.6) is 0 Å². The Balaban J connectivity index is 1.74. The number of carbonyl (C=O) groups excluding carboxylic acids is 3. The summed E-state index contributed by atoms with van der Waals surface area (Å²) in [5.74, 6) is -1.10. The predicted octanol–water partition coefficient (Wildman–Crippen LogP) is 2.74. The van der Waals surface area contributed by atoms with Gasteiger partial charge in [-0.3, -0.25) is 19.3 Å². The predicted molar refractivity (Wildman–Crippen MR) is 102 cm³/mol. The smallest absolute Gasteiger partial charge is 0.243 e. The Morgan fingerprint density at radius 3 is 2.44 bits per heavy atom. The molecule has 1 saturated carbocycles. The molecule has 1 aliphatic heterocycles. The number of imide groups is 1. The summed E-state index contributed by atoms with van der Waals surface area (Å²) in [6.07, 6.45) is 5.66. The fraction of sp³-hybridized carbons (Fsp3) is 0.550. The van der Waals surface area contributed by atoms with E-state index < -0.39 is 17.8 Å². The van der Waals surface area contributed by atoms with Crippen LogP contribution in [0.25, 0.3) is 0 Å². The zero-order valence-corrected chi connectivity index (χ0v) is 16.3. The Hall–Kier alpha value is -1.89. The molecule has 1 heterocycles. The Kier molecular flexibility index (Phi) is 6.52. The maximum absolute atomic E-state index is 13.8. The first kappa shape index (κ1) is 19.9. The molecule has 0 radical (unpaired) electrons. The number of hydrogen-bond acceptors (Lipinski definition) is 4. The van der Waals surface area contributed by atoms with E-state index in [0.29, 0.717) is 17.7 Å². The van der Waals surface area contributed by atoms with Crippen LogP contribution in [-0.4, -0.2) is 40.7 Å². The van der Waals surface area contributed by atoms with E-state index in [4.69, 9.17) is 0 Å². The molecule has 3 amide bonds. The summed E-state index contributed by atoms with van der Waals surface area (Å²) < 4.78 is 13.8. The van der Waals surface area contributed by atoms with Crippen molar-refractivity contribution in [2.75, 3.05) is 12.0 Å². The van der Waals surface area contributed by atoms with Crippen molar-refractivity contribution in [2.24, 2.45) is 11.8 Å². The van der Waals surface area contributed by atoms with Crippen molar-refractivity contribution in [2.45, 2.75) is 44.7 Å². The molecule has 0 spiro atoms. The van der Waals surface area contributed by atoms with E-state index in [1.165, 1.54) is 11.0 Å². The molecule has 0 bridgehead atoms. The summed E-state index contributed by atoms with van der Waals surface area (Å²) in [4.78, 5) is 39.7. The number of thioether (sulfide) groups is 1. The molecule has 146 valence electrons. The zero-order valence-electron chi connectivity index (χ0n) is 15.4. The summed E-state index contributed by atoms with van der Waals surface area (Å²) in [5, 5.41) is 2.71. The van der Waals surface area contributed by atoms with Crippen LogP contribution in [0.4, 0.5) is 4.39 Å². The van der Waals surface area contributed by atoms with Gasteiger partial charge in [-0.05, 0) is 37.3 Å². The zero-order chi connectivity index (χ0) is 19.4. The number of nitrogens with one attached hydrogen (secondary N) is 1. The second-order valence-electron chi connectivity index (χ2n) is 7.15. The normalized spacial score (nSPS) is 23.3. The topological polar surface area (TPSA) is 66.5 Å². The number of benzene rings is 1. The van der Waals surface area contributed by atoms with Crippen molar-refractivity contribution in [3.8, 4) is 0 Å². The van der Waals surface area contributed by atoms with E-state index in [9.17, 15) is 18.8 Å². The molecule has 7 heteroatoms. The van der Waals surface area contributed by atoms with Gasteiger partial charge in [0.1, 0.15) is 11.9 Å². The number of amides is 3. The molecular formula is C20H25FN2O3S. The van der Waals surface area contributed by atoms with Crippen LogP contribution >= 0.6 is 11.8 Å². The SMILES string of the molecule is CSCC[C@H](C(=O)NCc1ccccc1F)N1C(=O)[C@H]2CCCC[C@H]2C1=O. The molecule has 1 saturated heterocycles. The molecule has 0 unspecified atom stereocenters. The van der Waals surface area contributed by atoms with Gasteiger partial charge in [0.15, 0.2) is 0 Å².